The van der Waals surface area contributed by atoms with E-state index in [0.29, 0.717) is 5.75 Å². The number of ether oxygens (including phenoxy) is 1. The minimum absolute atomic E-state index is 0.159. The van der Waals surface area contributed by atoms with Crippen molar-refractivity contribution in [2.45, 2.75) is 13.3 Å². The molecular weight excluding hydrogens is 234 g/mol. The standard InChI is InChI=1S/C12H17N3O3/c1-9-4-2-3-5-10(9)18-8-12(17)15-14-11(16)6-7-13/h2-5H,6-8,13H2,1H3,(H,14,16)(H,15,17). The first-order valence-corrected chi connectivity index (χ1v) is 5.59. The number of hydrogen-bond acceptors (Lipinski definition) is 4. The Morgan fingerprint density at radius 1 is 1.22 bits per heavy atom. The van der Waals surface area contributed by atoms with Crippen LogP contribution in [0.1, 0.15) is 12.0 Å². The lowest BCUT2D eigenvalue weighted by Gasteiger charge is -2.09. The van der Waals surface area contributed by atoms with E-state index in [-0.39, 0.29) is 25.5 Å². The number of amides is 2. The van der Waals surface area contributed by atoms with Crippen molar-refractivity contribution in [1.29, 1.82) is 0 Å². The molecular formula is C12H17N3O3. The fourth-order valence-corrected chi connectivity index (χ4v) is 1.23. The Balaban J connectivity index is 2.29. The molecule has 18 heavy (non-hydrogen) atoms. The number of nitrogens with two attached hydrogens (primary N) is 1. The fourth-order valence-electron chi connectivity index (χ4n) is 1.23. The van der Waals surface area contributed by atoms with Gasteiger partial charge in [0.1, 0.15) is 5.75 Å². The molecule has 0 aromatic heterocycles. The maximum Gasteiger partial charge on any atom is 0.276 e. The highest BCUT2D eigenvalue weighted by Gasteiger charge is 2.05. The van der Waals surface area contributed by atoms with Crippen molar-refractivity contribution < 1.29 is 14.3 Å². The molecule has 4 N–H and O–H groups in total. The average Bonchev–Trinajstić information content (AvgIpc) is 2.36. The van der Waals surface area contributed by atoms with Gasteiger partial charge in [-0.1, -0.05) is 18.2 Å². The van der Waals surface area contributed by atoms with Crippen LogP contribution in [0, 0.1) is 6.92 Å². The normalized spacial score (nSPS) is 9.67. The molecule has 0 radical (unpaired) electrons. The van der Waals surface area contributed by atoms with Gasteiger partial charge in [-0.15, -0.1) is 0 Å². The molecule has 0 aliphatic rings. The van der Waals surface area contributed by atoms with Crippen molar-refractivity contribution in [3.63, 3.8) is 0 Å². The molecule has 1 aromatic carbocycles. The van der Waals surface area contributed by atoms with Gasteiger partial charge in [-0.3, -0.25) is 20.4 Å². The van der Waals surface area contributed by atoms with E-state index in [1.807, 2.05) is 25.1 Å². The first-order chi connectivity index (χ1) is 8.63. The number of aryl methyl sites for hydroxylation is 1. The maximum absolute atomic E-state index is 11.4. The molecule has 2 amide bonds. The zero-order valence-electron chi connectivity index (χ0n) is 10.2. The summed E-state index contributed by atoms with van der Waals surface area (Å²) >= 11 is 0. The third kappa shape index (κ3) is 4.84. The van der Waals surface area contributed by atoms with Crippen molar-refractivity contribution in [3.8, 4) is 5.75 Å². The number of carbonyl (C=O) groups excluding carboxylic acids is 2. The molecule has 0 unspecified atom stereocenters. The highest BCUT2D eigenvalue weighted by Crippen LogP contribution is 2.15. The average molecular weight is 251 g/mol. The van der Waals surface area contributed by atoms with E-state index in [9.17, 15) is 9.59 Å². The summed E-state index contributed by atoms with van der Waals surface area (Å²) in [7, 11) is 0. The Hall–Kier alpha value is -2.08. The summed E-state index contributed by atoms with van der Waals surface area (Å²) in [6.07, 6.45) is 0.166. The molecule has 1 aromatic rings. The van der Waals surface area contributed by atoms with E-state index in [0.717, 1.165) is 5.56 Å². The highest BCUT2D eigenvalue weighted by molar-refractivity contribution is 5.82. The van der Waals surface area contributed by atoms with Crippen molar-refractivity contribution in [2.24, 2.45) is 5.73 Å². The molecule has 0 aliphatic heterocycles. The Labute approximate surface area is 105 Å². The molecule has 98 valence electrons. The van der Waals surface area contributed by atoms with E-state index in [1.165, 1.54) is 0 Å². The van der Waals surface area contributed by atoms with Gasteiger partial charge in [-0.05, 0) is 18.6 Å². The molecule has 0 heterocycles. The van der Waals surface area contributed by atoms with E-state index >= 15 is 0 Å². The van der Waals surface area contributed by atoms with Gasteiger partial charge in [0.2, 0.25) is 5.91 Å². The summed E-state index contributed by atoms with van der Waals surface area (Å²) in [5.41, 5.74) is 10.6. The van der Waals surface area contributed by atoms with Gasteiger partial charge in [0, 0.05) is 13.0 Å². The van der Waals surface area contributed by atoms with Crippen LogP contribution in [0.2, 0.25) is 0 Å². The van der Waals surface area contributed by atoms with Crippen molar-refractivity contribution in [3.05, 3.63) is 29.8 Å². The van der Waals surface area contributed by atoms with Crippen LogP contribution in [0.3, 0.4) is 0 Å². The second-order valence-corrected chi connectivity index (χ2v) is 3.69. The number of hydrazine groups is 1. The quantitative estimate of drug-likeness (QED) is 0.635. The lowest BCUT2D eigenvalue weighted by Crippen LogP contribution is -2.44. The van der Waals surface area contributed by atoms with Gasteiger partial charge in [0.15, 0.2) is 6.61 Å². The van der Waals surface area contributed by atoms with Crippen LogP contribution < -0.4 is 21.3 Å². The number of benzene rings is 1. The topological polar surface area (TPSA) is 93.5 Å². The van der Waals surface area contributed by atoms with E-state index in [1.54, 1.807) is 6.07 Å². The van der Waals surface area contributed by atoms with Gasteiger partial charge < -0.3 is 10.5 Å². The molecule has 6 nitrogen and oxygen atoms in total. The molecule has 0 aliphatic carbocycles. The Morgan fingerprint density at radius 2 is 1.89 bits per heavy atom. The smallest absolute Gasteiger partial charge is 0.276 e. The van der Waals surface area contributed by atoms with Crippen LogP contribution in [0.15, 0.2) is 24.3 Å². The SMILES string of the molecule is Cc1ccccc1OCC(=O)NNC(=O)CCN. The summed E-state index contributed by atoms with van der Waals surface area (Å²) in [4.78, 5) is 22.4. The van der Waals surface area contributed by atoms with Gasteiger partial charge >= 0.3 is 0 Å². The summed E-state index contributed by atoms with van der Waals surface area (Å²) in [6.45, 7) is 1.96. The maximum atomic E-state index is 11.4. The van der Waals surface area contributed by atoms with Gasteiger partial charge in [-0.25, -0.2) is 0 Å². The second-order valence-electron chi connectivity index (χ2n) is 3.69. The third-order valence-electron chi connectivity index (χ3n) is 2.17. The number of rotatable bonds is 5. The van der Waals surface area contributed by atoms with Crippen molar-refractivity contribution in [1.82, 2.24) is 10.9 Å². The summed E-state index contributed by atoms with van der Waals surface area (Å²) in [5, 5.41) is 0. The summed E-state index contributed by atoms with van der Waals surface area (Å²) < 4.78 is 5.30. The minimum Gasteiger partial charge on any atom is -0.483 e. The monoisotopic (exact) mass is 251 g/mol. The van der Waals surface area contributed by atoms with Crippen molar-refractivity contribution in [2.75, 3.05) is 13.2 Å². The van der Waals surface area contributed by atoms with E-state index in [2.05, 4.69) is 10.9 Å². The van der Waals surface area contributed by atoms with Gasteiger partial charge in [0.05, 0.1) is 0 Å². The lowest BCUT2D eigenvalue weighted by molar-refractivity contribution is -0.129. The molecule has 0 bridgehead atoms. The van der Waals surface area contributed by atoms with Crippen LogP contribution in [0.4, 0.5) is 0 Å². The molecule has 0 saturated heterocycles. The Morgan fingerprint density at radius 3 is 2.56 bits per heavy atom. The predicted octanol–water partition coefficient (Wildman–Crippen LogP) is -0.130. The minimum atomic E-state index is -0.427. The molecule has 0 atom stereocenters. The first kappa shape index (κ1) is 14.0. The number of hydrogen-bond donors (Lipinski definition) is 3. The highest BCUT2D eigenvalue weighted by atomic mass is 16.5. The molecule has 0 spiro atoms. The van der Waals surface area contributed by atoms with Crippen LogP contribution in [0.25, 0.3) is 0 Å². The number of nitrogens with one attached hydrogen (secondary N) is 2. The zero-order chi connectivity index (χ0) is 13.4. The number of carbonyl (C=O) groups is 2. The second kappa shape index (κ2) is 7.29. The van der Waals surface area contributed by atoms with Crippen LogP contribution >= 0.6 is 0 Å². The zero-order valence-corrected chi connectivity index (χ0v) is 10.2. The van der Waals surface area contributed by atoms with E-state index < -0.39 is 5.91 Å². The Bertz CT molecular complexity index is 421. The Kier molecular flexibility index (Phi) is 5.66. The molecule has 6 heteroatoms. The first-order valence-electron chi connectivity index (χ1n) is 5.59. The third-order valence-corrected chi connectivity index (χ3v) is 2.17. The number of para-hydroxylation sites is 1. The fraction of sp³-hybridized carbons (Fsp3) is 0.333. The largest absolute Gasteiger partial charge is 0.483 e. The predicted molar refractivity (Wildman–Crippen MR) is 66.6 cm³/mol. The van der Waals surface area contributed by atoms with E-state index in [4.69, 9.17) is 10.5 Å². The summed E-state index contributed by atoms with van der Waals surface area (Å²) in [6, 6.07) is 7.37. The molecule has 1 rings (SSSR count). The van der Waals surface area contributed by atoms with Gasteiger partial charge in [-0.2, -0.15) is 0 Å². The molecule has 0 saturated carbocycles. The van der Waals surface area contributed by atoms with Crippen molar-refractivity contribution >= 4 is 11.8 Å². The summed E-state index contributed by atoms with van der Waals surface area (Å²) in [5.74, 6) is -0.119. The van der Waals surface area contributed by atoms with Crippen LogP contribution in [-0.2, 0) is 9.59 Å². The van der Waals surface area contributed by atoms with Gasteiger partial charge in [0.25, 0.3) is 5.91 Å². The molecule has 0 fully saturated rings. The lowest BCUT2D eigenvalue weighted by atomic mass is 10.2. The van der Waals surface area contributed by atoms with Crippen LogP contribution in [0.5, 0.6) is 5.75 Å². The van der Waals surface area contributed by atoms with Crippen LogP contribution in [-0.4, -0.2) is 25.0 Å².